The van der Waals surface area contributed by atoms with Crippen LogP contribution >= 0.6 is 11.6 Å². The summed E-state index contributed by atoms with van der Waals surface area (Å²) in [5, 5.41) is 0.722. The smallest absolute Gasteiger partial charge is 0.282 e. The van der Waals surface area contributed by atoms with E-state index in [0.29, 0.717) is 5.57 Å². The lowest BCUT2D eigenvalue weighted by atomic mass is 10.4. The Hall–Kier alpha value is -0.0600. The fourth-order valence-electron chi connectivity index (χ4n) is 0.286. The SMILES string of the molecule is C/C(=C\S(=O)(=O)O)CCl. The van der Waals surface area contributed by atoms with E-state index < -0.39 is 10.1 Å². The second kappa shape index (κ2) is 3.20. The molecule has 0 amide bonds. The van der Waals surface area contributed by atoms with Gasteiger partial charge in [0.25, 0.3) is 10.1 Å². The molecule has 9 heavy (non-hydrogen) atoms. The van der Waals surface area contributed by atoms with Crippen molar-refractivity contribution in [1.82, 2.24) is 0 Å². The fourth-order valence-corrected chi connectivity index (χ4v) is 1.05. The molecule has 0 fully saturated rings. The van der Waals surface area contributed by atoms with Gasteiger partial charge < -0.3 is 0 Å². The minimum Gasteiger partial charge on any atom is -0.282 e. The van der Waals surface area contributed by atoms with Crippen molar-refractivity contribution >= 4 is 21.7 Å². The number of hydrogen-bond donors (Lipinski definition) is 1. The molecule has 3 nitrogen and oxygen atoms in total. The van der Waals surface area contributed by atoms with Crippen LogP contribution in [0.2, 0.25) is 0 Å². The van der Waals surface area contributed by atoms with Gasteiger partial charge in [-0.15, -0.1) is 11.6 Å². The van der Waals surface area contributed by atoms with Gasteiger partial charge in [0.15, 0.2) is 0 Å². The summed E-state index contributed by atoms with van der Waals surface area (Å²) in [5.74, 6) is 0.111. The molecule has 0 aliphatic heterocycles. The molecule has 0 rings (SSSR count). The Kier molecular flexibility index (Phi) is 3.17. The van der Waals surface area contributed by atoms with Gasteiger partial charge in [-0.2, -0.15) is 8.42 Å². The Balaban J connectivity index is 4.32. The third kappa shape index (κ3) is 5.82. The van der Waals surface area contributed by atoms with Crippen LogP contribution in [0.4, 0.5) is 0 Å². The molecule has 0 saturated heterocycles. The zero-order valence-electron chi connectivity index (χ0n) is 4.83. The van der Waals surface area contributed by atoms with Crippen molar-refractivity contribution in [3.8, 4) is 0 Å². The molecule has 54 valence electrons. The molecule has 0 aliphatic carbocycles. The Morgan fingerprint density at radius 2 is 2.22 bits per heavy atom. The molecule has 5 heteroatoms. The van der Waals surface area contributed by atoms with Crippen molar-refractivity contribution in [3.63, 3.8) is 0 Å². The lowest BCUT2D eigenvalue weighted by molar-refractivity contribution is 0.494. The van der Waals surface area contributed by atoms with Crippen molar-refractivity contribution in [2.75, 3.05) is 5.88 Å². The van der Waals surface area contributed by atoms with E-state index in [-0.39, 0.29) is 5.88 Å². The summed E-state index contributed by atoms with van der Waals surface area (Å²) < 4.78 is 28.2. The molecule has 0 aliphatic rings. The standard InChI is InChI=1S/C4H7ClO3S/c1-4(2-5)3-9(6,7)8/h3H,2H2,1H3,(H,6,7,8)/b4-3+. The van der Waals surface area contributed by atoms with E-state index in [1.165, 1.54) is 6.92 Å². The molecule has 0 spiro atoms. The first kappa shape index (κ1) is 8.94. The quantitative estimate of drug-likeness (QED) is 0.497. The van der Waals surface area contributed by atoms with Crippen LogP contribution < -0.4 is 0 Å². The zero-order valence-corrected chi connectivity index (χ0v) is 6.41. The van der Waals surface area contributed by atoms with Gasteiger partial charge in [-0.25, -0.2) is 0 Å². The highest BCUT2D eigenvalue weighted by Crippen LogP contribution is 1.98. The average molecular weight is 171 g/mol. The van der Waals surface area contributed by atoms with Crippen LogP contribution in [-0.4, -0.2) is 18.9 Å². The number of rotatable bonds is 2. The van der Waals surface area contributed by atoms with Crippen molar-refractivity contribution in [2.45, 2.75) is 6.92 Å². The van der Waals surface area contributed by atoms with Gasteiger partial charge >= 0.3 is 0 Å². The normalized spacial score (nSPS) is 13.9. The molecular formula is C4H7ClO3S. The van der Waals surface area contributed by atoms with Gasteiger partial charge in [-0.3, -0.25) is 4.55 Å². The van der Waals surface area contributed by atoms with E-state index in [4.69, 9.17) is 16.2 Å². The third-order valence-corrected chi connectivity index (χ3v) is 1.68. The number of halogens is 1. The molecule has 0 radical (unpaired) electrons. The van der Waals surface area contributed by atoms with Crippen LogP contribution in [0, 0.1) is 0 Å². The Morgan fingerprint density at radius 3 is 2.33 bits per heavy atom. The van der Waals surface area contributed by atoms with Gasteiger partial charge in [0, 0.05) is 5.88 Å². The predicted molar refractivity (Wildman–Crippen MR) is 36.0 cm³/mol. The average Bonchev–Trinajstić information content (AvgIpc) is 1.62. The number of alkyl halides is 1. The summed E-state index contributed by atoms with van der Waals surface area (Å²) in [4.78, 5) is 0. The highest BCUT2D eigenvalue weighted by Gasteiger charge is 1.97. The lowest BCUT2D eigenvalue weighted by Crippen LogP contribution is -1.92. The monoisotopic (exact) mass is 170 g/mol. The van der Waals surface area contributed by atoms with Crippen LogP contribution in [-0.2, 0) is 10.1 Å². The molecule has 0 atom stereocenters. The van der Waals surface area contributed by atoms with Gasteiger partial charge in [0.1, 0.15) is 0 Å². The fraction of sp³-hybridized carbons (Fsp3) is 0.500. The summed E-state index contributed by atoms with van der Waals surface area (Å²) in [6, 6.07) is 0. The van der Waals surface area contributed by atoms with E-state index in [1.54, 1.807) is 0 Å². The van der Waals surface area contributed by atoms with Crippen molar-refractivity contribution < 1.29 is 13.0 Å². The number of hydrogen-bond acceptors (Lipinski definition) is 2. The second-order valence-electron chi connectivity index (χ2n) is 1.61. The molecular weight excluding hydrogens is 164 g/mol. The molecule has 0 bridgehead atoms. The van der Waals surface area contributed by atoms with Crippen molar-refractivity contribution in [3.05, 3.63) is 11.0 Å². The summed E-state index contributed by atoms with van der Waals surface area (Å²) >= 11 is 5.21. The van der Waals surface area contributed by atoms with Crippen molar-refractivity contribution in [1.29, 1.82) is 0 Å². The second-order valence-corrected chi connectivity index (χ2v) is 3.15. The maximum Gasteiger partial charge on any atom is 0.287 e. The van der Waals surface area contributed by atoms with E-state index in [1.807, 2.05) is 0 Å². The van der Waals surface area contributed by atoms with Crippen LogP contribution in [0.3, 0.4) is 0 Å². The first-order valence-electron chi connectivity index (χ1n) is 2.16. The minimum atomic E-state index is -3.98. The van der Waals surface area contributed by atoms with Gasteiger partial charge in [-0.05, 0) is 12.5 Å². The maximum absolute atomic E-state index is 10.0. The van der Waals surface area contributed by atoms with Crippen molar-refractivity contribution in [2.24, 2.45) is 0 Å². The molecule has 0 saturated carbocycles. The van der Waals surface area contributed by atoms with Crippen LogP contribution in [0.5, 0.6) is 0 Å². The maximum atomic E-state index is 10.0. The third-order valence-electron chi connectivity index (χ3n) is 0.561. The highest BCUT2D eigenvalue weighted by molar-refractivity contribution is 7.88. The van der Waals surface area contributed by atoms with Crippen LogP contribution in [0.15, 0.2) is 11.0 Å². The van der Waals surface area contributed by atoms with Gasteiger partial charge in [-0.1, -0.05) is 0 Å². The molecule has 0 heterocycles. The van der Waals surface area contributed by atoms with Gasteiger partial charge in [0.05, 0.1) is 5.41 Å². The Bertz CT molecular complexity index is 204. The molecule has 0 unspecified atom stereocenters. The minimum absolute atomic E-state index is 0.111. The first-order chi connectivity index (χ1) is 3.95. The lowest BCUT2D eigenvalue weighted by Gasteiger charge is -1.88. The Labute approximate surface area is 59.1 Å². The summed E-state index contributed by atoms with van der Waals surface area (Å²) in [6.45, 7) is 1.51. The number of allylic oxidation sites excluding steroid dienone is 1. The summed E-state index contributed by atoms with van der Waals surface area (Å²) in [5.41, 5.74) is 0.416. The first-order valence-corrected chi connectivity index (χ1v) is 4.20. The van der Waals surface area contributed by atoms with E-state index in [9.17, 15) is 8.42 Å². The topological polar surface area (TPSA) is 54.4 Å². The van der Waals surface area contributed by atoms with E-state index in [0.717, 1.165) is 5.41 Å². The highest BCUT2D eigenvalue weighted by atomic mass is 35.5. The van der Waals surface area contributed by atoms with E-state index in [2.05, 4.69) is 0 Å². The van der Waals surface area contributed by atoms with Crippen LogP contribution in [0.1, 0.15) is 6.92 Å². The molecule has 0 aromatic rings. The van der Waals surface area contributed by atoms with Gasteiger partial charge in [0.2, 0.25) is 0 Å². The Morgan fingerprint density at radius 1 is 1.78 bits per heavy atom. The zero-order chi connectivity index (χ0) is 7.49. The van der Waals surface area contributed by atoms with E-state index >= 15 is 0 Å². The summed E-state index contributed by atoms with van der Waals surface area (Å²) in [7, 11) is -3.98. The largest absolute Gasteiger partial charge is 0.287 e. The van der Waals surface area contributed by atoms with Crippen LogP contribution in [0.25, 0.3) is 0 Å². The molecule has 0 aromatic heterocycles. The summed E-state index contributed by atoms with van der Waals surface area (Å²) in [6.07, 6.45) is 0. The molecule has 1 N–H and O–H groups in total. The predicted octanol–water partition coefficient (Wildman–Crippen LogP) is 1.02. The molecule has 0 aromatic carbocycles.